The topological polar surface area (TPSA) is 67.9 Å². The second kappa shape index (κ2) is 8.93. The minimum atomic E-state index is -0.530. The van der Waals surface area contributed by atoms with Gasteiger partial charge < -0.3 is 14.8 Å². The molecule has 4 rings (SSSR count). The molecule has 1 heterocycles. The minimum absolute atomic E-state index is 0.0954. The molecule has 1 aliphatic heterocycles. The van der Waals surface area contributed by atoms with Gasteiger partial charge in [-0.2, -0.15) is 0 Å². The summed E-state index contributed by atoms with van der Waals surface area (Å²) in [6, 6.07) is 19.3. The van der Waals surface area contributed by atoms with Crippen LogP contribution in [0, 0.1) is 5.82 Å². The summed E-state index contributed by atoms with van der Waals surface area (Å²) in [6.45, 7) is 2.20. The van der Waals surface area contributed by atoms with Crippen molar-refractivity contribution in [2.24, 2.45) is 0 Å². The lowest BCUT2D eigenvalue weighted by Gasteiger charge is -2.19. The molecule has 2 amide bonds. The van der Waals surface area contributed by atoms with Crippen molar-refractivity contribution in [2.45, 2.75) is 6.92 Å². The number of carbonyl (C=O) groups is 2. The molecule has 0 atom stereocenters. The summed E-state index contributed by atoms with van der Waals surface area (Å²) in [4.78, 5) is 28.1. The zero-order valence-corrected chi connectivity index (χ0v) is 17.6. The van der Waals surface area contributed by atoms with Gasteiger partial charge >= 0.3 is 0 Å². The number of halogens is 1. The molecule has 0 saturated carbocycles. The van der Waals surface area contributed by atoms with E-state index in [-0.39, 0.29) is 11.3 Å². The first-order chi connectivity index (χ1) is 15.5. The van der Waals surface area contributed by atoms with E-state index in [1.54, 1.807) is 55.6 Å². The molecule has 0 saturated heterocycles. The molecule has 3 aromatic rings. The van der Waals surface area contributed by atoms with Gasteiger partial charge in [0, 0.05) is 5.69 Å². The van der Waals surface area contributed by atoms with Crippen molar-refractivity contribution in [1.82, 2.24) is 0 Å². The molecule has 0 fully saturated rings. The first kappa shape index (κ1) is 21.1. The smallest absolute Gasteiger partial charge is 0.282 e. The number of ether oxygens (including phenoxy) is 2. The molecule has 0 aromatic heterocycles. The van der Waals surface area contributed by atoms with Gasteiger partial charge in [0.1, 0.15) is 23.0 Å². The normalized spacial score (nSPS) is 13.5. The molecule has 162 valence electrons. The number of imide groups is 1. The van der Waals surface area contributed by atoms with E-state index in [1.165, 1.54) is 24.3 Å². The van der Waals surface area contributed by atoms with Gasteiger partial charge in [-0.15, -0.1) is 0 Å². The maximum atomic E-state index is 13.5. The van der Waals surface area contributed by atoms with Crippen LogP contribution in [0.4, 0.5) is 15.8 Å². The van der Waals surface area contributed by atoms with Crippen LogP contribution in [0.15, 0.2) is 78.5 Å². The van der Waals surface area contributed by atoms with Crippen molar-refractivity contribution < 1.29 is 23.5 Å². The van der Waals surface area contributed by atoms with Gasteiger partial charge in [-0.05, 0) is 61.0 Å². The Morgan fingerprint density at radius 3 is 2.25 bits per heavy atom. The van der Waals surface area contributed by atoms with E-state index in [1.807, 2.05) is 6.92 Å². The van der Waals surface area contributed by atoms with Gasteiger partial charge in [-0.25, -0.2) is 9.29 Å². The van der Waals surface area contributed by atoms with Crippen molar-refractivity contribution in [3.05, 3.63) is 89.9 Å². The molecular formula is C25H21FN2O4. The van der Waals surface area contributed by atoms with Crippen molar-refractivity contribution in [3.8, 4) is 11.5 Å². The fraction of sp³-hybridized carbons (Fsp3) is 0.120. The first-order valence-electron chi connectivity index (χ1n) is 10.1. The van der Waals surface area contributed by atoms with E-state index < -0.39 is 17.6 Å². The number of para-hydroxylation sites is 2. The summed E-state index contributed by atoms with van der Waals surface area (Å²) < 4.78 is 24.3. The molecule has 0 unspecified atom stereocenters. The van der Waals surface area contributed by atoms with Crippen LogP contribution in [0.5, 0.6) is 11.5 Å². The van der Waals surface area contributed by atoms with E-state index in [9.17, 15) is 14.0 Å². The lowest BCUT2D eigenvalue weighted by Crippen LogP contribution is -2.32. The molecule has 6 nitrogen and oxygen atoms in total. The third-order valence-electron chi connectivity index (χ3n) is 4.98. The highest BCUT2D eigenvalue weighted by Gasteiger charge is 2.41. The highest BCUT2D eigenvalue weighted by atomic mass is 19.1. The standard InChI is InChI=1S/C25H21FN2O4/c1-3-32-21-7-5-4-6-20(21)28-24(29)22(16-8-10-17(26)11-9-16)23(25(28)30)27-18-12-14-19(31-2)15-13-18/h4-15,27H,3H2,1-2H3. The number of anilines is 2. The van der Waals surface area contributed by atoms with Crippen LogP contribution in [0.3, 0.4) is 0 Å². The summed E-state index contributed by atoms with van der Waals surface area (Å²) in [6.07, 6.45) is 0. The Morgan fingerprint density at radius 1 is 0.906 bits per heavy atom. The number of benzene rings is 3. The minimum Gasteiger partial charge on any atom is -0.497 e. The molecule has 1 N–H and O–H groups in total. The summed E-state index contributed by atoms with van der Waals surface area (Å²) in [5.74, 6) is -0.415. The summed E-state index contributed by atoms with van der Waals surface area (Å²) in [5.41, 5.74) is 1.62. The van der Waals surface area contributed by atoms with Crippen LogP contribution in [-0.4, -0.2) is 25.5 Å². The van der Waals surface area contributed by atoms with Gasteiger partial charge in [-0.3, -0.25) is 9.59 Å². The largest absolute Gasteiger partial charge is 0.497 e. The Hall–Kier alpha value is -4.13. The van der Waals surface area contributed by atoms with E-state index in [2.05, 4.69) is 5.32 Å². The molecule has 0 radical (unpaired) electrons. The van der Waals surface area contributed by atoms with Crippen LogP contribution < -0.4 is 19.7 Å². The summed E-state index contributed by atoms with van der Waals surface area (Å²) in [7, 11) is 1.56. The highest BCUT2D eigenvalue weighted by Crippen LogP contribution is 2.38. The van der Waals surface area contributed by atoms with Gasteiger partial charge in [0.05, 0.1) is 25.0 Å². The second-order valence-corrected chi connectivity index (χ2v) is 6.96. The van der Waals surface area contributed by atoms with Gasteiger partial charge in [0.2, 0.25) is 0 Å². The van der Waals surface area contributed by atoms with E-state index >= 15 is 0 Å². The predicted molar refractivity (Wildman–Crippen MR) is 120 cm³/mol. The van der Waals surface area contributed by atoms with E-state index in [0.29, 0.717) is 35.0 Å². The Bertz CT molecular complexity index is 1190. The van der Waals surface area contributed by atoms with Crippen molar-refractivity contribution >= 4 is 28.8 Å². The SMILES string of the molecule is CCOc1ccccc1N1C(=O)C(Nc2ccc(OC)cc2)=C(c2ccc(F)cc2)C1=O. The van der Waals surface area contributed by atoms with Gasteiger partial charge in [-0.1, -0.05) is 24.3 Å². The number of methoxy groups -OCH3 is 1. The molecule has 1 aliphatic rings. The van der Waals surface area contributed by atoms with Crippen LogP contribution in [-0.2, 0) is 9.59 Å². The third-order valence-corrected chi connectivity index (χ3v) is 4.98. The lowest BCUT2D eigenvalue weighted by atomic mass is 10.0. The average molecular weight is 432 g/mol. The Kier molecular flexibility index (Phi) is 5.89. The zero-order chi connectivity index (χ0) is 22.7. The Balaban J connectivity index is 1.80. The van der Waals surface area contributed by atoms with E-state index in [0.717, 1.165) is 4.90 Å². The second-order valence-electron chi connectivity index (χ2n) is 6.96. The average Bonchev–Trinajstić information content (AvgIpc) is 3.05. The first-order valence-corrected chi connectivity index (χ1v) is 10.1. The maximum Gasteiger partial charge on any atom is 0.282 e. The van der Waals surface area contributed by atoms with E-state index in [4.69, 9.17) is 9.47 Å². The van der Waals surface area contributed by atoms with Gasteiger partial charge in [0.15, 0.2) is 0 Å². The fourth-order valence-electron chi connectivity index (χ4n) is 3.49. The van der Waals surface area contributed by atoms with Gasteiger partial charge in [0.25, 0.3) is 11.8 Å². The van der Waals surface area contributed by atoms with Crippen LogP contribution in [0.1, 0.15) is 12.5 Å². The number of hydrogen-bond donors (Lipinski definition) is 1. The lowest BCUT2D eigenvalue weighted by molar-refractivity contribution is -0.120. The number of hydrogen-bond acceptors (Lipinski definition) is 5. The predicted octanol–water partition coefficient (Wildman–Crippen LogP) is 4.63. The molecule has 3 aromatic carbocycles. The molecule has 0 bridgehead atoms. The zero-order valence-electron chi connectivity index (χ0n) is 17.6. The van der Waals surface area contributed by atoms with Crippen molar-refractivity contribution in [1.29, 1.82) is 0 Å². The van der Waals surface area contributed by atoms with Crippen LogP contribution in [0.25, 0.3) is 5.57 Å². The molecule has 0 spiro atoms. The number of amides is 2. The monoisotopic (exact) mass is 432 g/mol. The number of rotatable bonds is 7. The molecular weight excluding hydrogens is 411 g/mol. The number of nitrogens with one attached hydrogen (secondary N) is 1. The van der Waals surface area contributed by atoms with Crippen LogP contribution in [0.2, 0.25) is 0 Å². The molecule has 32 heavy (non-hydrogen) atoms. The quantitative estimate of drug-likeness (QED) is 0.552. The maximum absolute atomic E-state index is 13.5. The van der Waals surface area contributed by atoms with Crippen LogP contribution >= 0.6 is 0 Å². The summed E-state index contributed by atoms with van der Waals surface area (Å²) >= 11 is 0. The number of carbonyl (C=O) groups excluding carboxylic acids is 2. The number of nitrogens with zero attached hydrogens (tertiary/aromatic N) is 1. The molecule has 0 aliphatic carbocycles. The van der Waals surface area contributed by atoms with Crippen molar-refractivity contribution in [2.75, 3.05) is 23.9 Å². The third kappa shape index (κ3) is 3.92. The Labute approximate surface area is 184 Å². The fourth-order valence-corrected chi connectivity index (χ4v) is 3.49. The summed E-state index contributed by atoms with van der Waals surface area (Å²) in [5, 5.41) is 3.06. The highest BCUT2D eigenvalue weighted by molar-refractivity contribution is 6.46. The van der Waals surface area contributed by atoms with Crippen molar-refractivity contribution in [3.63, 3.8) is 0 Å². The molecule has 7 heteroatoms. The Morgan fingerprint density at radius 2 is 1.59 bits per heavy atom.